The Hall–Kier alpha value is -2.17. The highest BCUT2D eigenvalue weighted by molar-refractivity contribution is 5.92. The average Bonchev–Trinajstić information content (AvgIpc) is 3.12. The number of amides is 1. The fourth-order valence-corrected chi connectivity index (χ4v) is 2.94. The van der Waals surface area contributed by atoms with E-state index in [9.17, 15) is 4.79 Å². The van der Waals surface area contributed by atoms with Crippen LogP contribution in [-0.4, -0.2) is 27.4 Å². The predicted molar refractivity (Wildman–Crippen MR) is 75.1 cm³/mol. The molecular formula is C15H18N4O. The van der Waals surface area contributed by atoms with Gasteiger partial charge < -0.3 is 5.32 Å². The van der Waals surface area contributed by atoms with Crippen molar-refractivity contribution >= 4 is 5.91 Å². The zero-order chi connectivity index (χ0) is 13.8. The van der Waals surface area contributed by atoms with Gasteiger partial charge in [0.15, 0.2) is 5.69 Å². The highest BCUT2D eigenvalue weighted by atomic mass is 16.2. The van der Waals surface area contributed by atoms with Gasteiger partial charge >= 0.3 is 0 Å². The summed E-state index contributed by atoms with van der Waals surface area (Å²) in [5.41, 5.74) is 1.69. The molecule has 5 nitrogen and oxygen atoms in total. The van der Waals surface area contributed by atoms with Crippen molar-refractivity contribution < 1.29 is 4.79 Å². The average molecular weight is 270 g/mol. The summed E-state index contributed by atoms with van der Waals surface area (Å²) in [7, 11) is 0. The second-order valence-corrected chi connectivity index (χ2v) is 5.32. The smallest absolute Gasteiger partial charge is 0.273 e. The zero-order valence-electron chi connectivity index (χ0n) is 11.2. The Balaban J connectivity index is 1.62. The first-order valence-corrected chi connectivity index (χ1v) is 7.03. The van der Waals surface area contributed by atoms with Gasteiger partial charge in [0.25, 0.3) is 5.91 Å². The summed E-state index contributed by atoms with van der Waals surface area (Å²) in [6.07, 6.45) is 5.85. The van der Waals surface area contributed by atoms with E-state index in [1.165, 1.54) is 24.6 Å². The van der Waals surface area contributed by atoms with Crippen molar-refractivity contribution in [3.63, 3.8) is 0 Å². The number of aromatic nitrogens is 3. The summed E-state index contributed by atoms with van der Waals surface area (Å²) in [6, 6.07) is 10.7. The maximum Gasteiger partial charge on any atom is 0.273 e. The van der Waals surface area contributed by atoms with Crippen molar-refractivity contribution in [2.75, 3.05) is 0 Å². The molecule has 20 heavy (non-hydrogen) atoms. The first-order valence-electron chi connectivity index (χ1n) is 7.03. The molecule has 2 aromatic rings. The minimum atomic E-state index is -0.135. The molecule has 1 fully saturated rings. The summed E-state index contributed by atoms with van der Waals surface area (Å²) < 4.78 is 0. The van der Waals surface area contributed by atoms with Gasteiger partial charge in [-0.15, -0.1) is 0 Å². The van der Waals surface area contributed by atoms with Gasteiger partial charge in [-0.05, 0) is 30.7 Å². The Labute approximate surface area is 117 Å². The third-order valence-electron chi connectivity index (χ3n) is 3.96. The highest BCUT2D eigenvalue weighted by Gasteiger charge is 2.29. The van der Waals surface area contributed by atoms with Crippen LogP contribution in [0.5, 0.6) is 0 Å². The van der Waals surface area contributed by atoms with Gasteiger partial charge in [-0.3, -0.25) is 4.79 Å². The van der Waals surface area contributed by atoms with E-state index in [1.807, 2.05) is 6.07 Å². The molecule has 1 aliphatic carbocycles. The van der Waals surface area contributed by atoms with Crippen LogP contribution in [0.1, 0.15) is 35.3 Å². The maximum absolute atomic E-state index is 12.0. The van der Waals surface area contributed by atoms with Gasteiger partial charge in [0.1, 0.15) is 0 Å². The number of H-pyrrole nitrogens is 1. The lowest BCUT2D eigenvalue weighted by Crippen LogP contribution is -2.38. The summed E-state index contributed by atoms with van der Waals surface area (Å²) >= 11 is 0. The summed E-state index contributed by atoms with van der Waals surface area (Å²) in [5, 5.41) is 13.0. The number of hydrogen-bond acceptors (Lipinski definition) is 3. The largest absolute Gasteiger partial charge is 0.348 e. The SMILES string of the molecule is O=C(NC1CCCC1Cc1ccccc1)c1cn[nH]n1. The lowest BCUT2D eigenvalue weighted by atomic mass is 9.94. The predicted octanol–water partition coefficient (Wildman–Crippen LogP) is 1.95. The van der Waals surface area contributed by atoms with Crippen LogP contribution in [0.2, 0.25) is 0 Å². The molecule has 2 N–H and O–H groups in total. The molecule has 0 bridgehead atoms. The van der Waals surface area contributed by atoms with Crippen LogP contribution in [-0.2, 0) is 6.42 Å². The van der Waals surface area contributed by atoms with E-state index in [0.717, 1.165) is 12.8 Å². The van der Waals surface area contributed by atoms with Crippen molar-refractivity contribution in [3.8, 4) is 0 Å². The minimum absolute atomic E-state index is 0.135. The van der Waals surface area contributed by atoms with Crippen LogP contribution in [0.15, 0.2) is 36.5 Å². The number of rotatable bonds is 4. The van der Waals surface area contributed by atoms with E-state index in [4.69, 9.17) is 0 Å². The normalized spacial score (nSPS) is 21.8. The molecule has 0 radical (unpaired) electrons. The molecule has 5 heteroatoms. The molecule has 0 saturated heterocycles. The third kappa shape index (κ3) is 2.87. The molecule has 0 aliphatic heterocycles. The number of benzene rings is 1. The Morgan fingerprint density at radius 2 is 2.15 bits per heavy atom. The van der Waals surface area contributed by atoms with Crippen molar-refractivity contribution in [2.24, 2.45) is 5.92 Å². The number of carbonyl (C=O) groups excluding carboxylic acids is 1. The summed E-state index contributed by atoms with van der Waals surface area (Å²) in [4.78, 5) is 12.0. The molecule has 0 spiro atoms. The molecule has 2 atom stereocenters. The number of carbonyl (C=O) groups is 1. The van der Waals surface area contributed by atoms with Crippen molar-refractivity contribution in [1.82, 2.24) is 20.7 Å². The van der Waals surface area contributed by atoms with Gasteiger partial charge in [0, 0.05) is 6.04 Å². The molecule has 2 unspecified atom stereocenters. The third-order valence-corrected chi connectivity index (χ3v) is 3.96. The monoisotopic (exact) mass is 270 g/mol. The second kappa shape index (κ2) is 5.86. The van der Waals surface area contributed by atoms with Gasteiger partial charge in [-0.25, -0.2) is 0 Å². The summed E-state index contributed by atoms with van der Waals surface area (Å²) in [6.45, 7) is 0. The van der Waals surface area contributed by atoms with Gasteiger partial charge in [0.2, 0.25) is 0 Å². The van der Waals surface area contributed by atoms with E-state index in [-0.39, 0.29) is 11.9 Å². The fraction of sp³-hybridized carbons (Fsp3) is 0.400. The second-order valence-electron chi connectivity index (χ2n) is 5.32. The molecule has 104 valence electrons. The lowest BCUT2D eigenvalue weighted by Gasteiger charge is -2.20. The van der Waals surface area contributed by atoms with E-state index in [1.54, 1.807) is 0 Å². The molecule has 1 aromatic heterocycles. The number of nitrogens with one attached hydrogen (secondary N) is 2. The van der Waals surface area contributed by atoms with Crippen molar-refractivity contribution in [3.05, 3.63) is 47.8 Å². The van der Waals surface area contributed by atoms with Gasteiger partial charge in [0.05, 0.1) is 6.20 Å². The van der Waals surface area contributed by atoms with Crippen molar-refractivity contribution in [1.29, 1.82) is 0 Å². The summed E-state index contributed by atoms with van der Waals surface area (Å²) in [5.74, 6) is 0.372. The fourth-order valence-electron chi connectivity index (χ4n) is 2.94. The number of aromatic amines is 1. The molecule has 1 aliphatic rings. The Morgan fingerprint density at radius 1 is 1.30 bits per heavy atom. The van der Waals surface area contributed by atoms with Crippen LogP contribution in [0.25, 0.3) is 0 Å². The lowest BCUT2D eigenvalue weighted by molar-refractivity contribution is 0.0922. The van der Waals surface area contributed by atoms with Gasteiger partial charge in [-0.2, -0.15) is 15.4 Å². The first-order chi connectivity index (χ1) is 9.83. The van der Waals surface area contributed by atoms with E-state index in [2.05, 4.69) is 45.0 Å². The Bertz CT molecular complexity index is 553. The standard InChI is InChI=1S/C15H18N4O/c20-15(14-10-16-19-18-14)17-13-8-4-7-12(13)9-11-5-2-1-3-6-11/h1-3,5-6,10,12-13H,4,7-9H2,(H,17,20)(H,16,18,19). The van der Waals surface area contributed by atoms with Gasteiger partial charge in [-0.1, -0.05) is 36.8 Å². The maximum atomic E-state index is 12.0. The topological polar surface area (TPSA) is 70.7 Å². The minimum Gasteiger partial charge on any atom is -0.348 e. The zero-order valence-corrected chi connectivity index (χ0v) is 11.2. The van der Waals surface area contributed by atoms with Crippen LogP contribution in [0.3, 0.4) is 0 Å². The quantitative estimate of drug-likeness (QED) is 0.892. The van der Waals surface area contributed by atoms with E-state index in [0.29, 0.717) is 11.6 Å². The van der Waals surface area contributed by atoms with E-state index >= 15 is 0 Å². The molecule has 1 heterocycles. The molecule has 1 saturated carbocycles. The number of hydrogen-bond donors (Lipinski definition) is 2. The van der Waals surface area contributed by atoms with Crippen LogP contribution in [0, 0.1) is 5.92 Å². The van der Waals surface area contributed by atoms with E-state index < -0.39 is 0 Å². The molecule has 3 rings (SSSR count). The molecule has 1 aromatic carbocycles. The Morgan fingerprint density at radius 3 is 2.90 bits per heavy atom. The van der Waals surface area contributed by atoms with Crippen LogP contribution >= 0.6 is 0 Å². The van der Waals surface area contributed by atoms with Crippen LogP contribution < -0.4 is 5.32 Å². The number of nitrogens with zero attached hydrogens (tertiary/aromatic N) is 2. The first kappa shape index (κ1) is 12.8. The highest BCUT2D eigenvalue weighted by Crippen LogP contribution is 2.29. The Kier molecular flexibility index (Phi) is 3.76. The van der Waals surface area contributed by atoms with Crippen molar-refractivity contribution in [2.45, 2.75) is 31.7 Å². The molecular weight excluding hydrogens is 252 g/mol. The molecule has 1 amide bonds. The van der Waals surface area contributed by atoms with Crippen LogP contribution in [0.4, 0.5) is 0 Å².